The van der Waals surface area contributed by atoms with Gasteiger partial charge in [-0.2, -0.15) is 0 Å². The lowest BCUT2D eigenvalue weighted by molar-refractivity contribution is -0.125. The molecule has 2 atom stereocenters. The molecular formula is C20H23FN4O2. The minimum absolute atomic E-state index is 0.0594. The Kier molecular flexibility index (Phi) is 5.83. The highest BCUT2D eigenvalue weighted by atomic mass is 19.1. The predicted octanol–water partition coefficient (Wildman–Crippen LogP) is 1.61. The van der Waals surface area contributed by atoms with E-state index in [0.29, 0.717) is 18.7 Å². The molecule has 7 heteroatoms. The van der Waals surface area contributed by atoms with Gasteiger partial charge in [-0.25, -0.2) is 9.82 Å². The molecule has 1 aliphatic heterocycles. The van der Waals surface area contributed by atoms with Crippen LogP contribution in [0.15, 0.2) is 48.5 Å². The Balaban J connectivity index is 1.60. The van der Waals surface area contributed by atoms with Crippen molar-refractivity contribution in [3.05, 3.63) is 71.0 Å². The highest BCUT2D eigenvalue weighted by Crippen LogP contribution is 2.25. The second kappa shape index (κ2) is 8.28. The molecule has 1 aliphatic rings. The fourth-order valence-electron chi connectivity index (χ4n) is 3.07. The van der Waals surface area contributed by atoms with Crippen molar-refractivity contribution in [1.82, 2.24) is 21.1 Å². The Morgan fingerprint density at radius 3 is 2.41 bits per heavy atom. The summed E-state index contributed by atoms with van der Waals surface area (Å²) in [5.74, 6) is -0.752. The van der Waals surface area contributed by atoms with E-state index >= 15 is 0 Å². The van der Waals surface area contributed by atoms with Gasteiger partial charge in [-0.05, 0) is 35.4 Å². The van der Waals surface area contributed by atoms with Gasteiger partial charge in [0.2, 0.25) is 5.91 Å². The number of nitrogens with zero attached hydrogens (tertiary/aromatic N) is 1. The molecule has 0 bridgehead atoms. The molecule has 1 heterocycles. The highest BCUT2D eigenvalue weighted by Gasteiger charge is 2.33. The van der Waals surface area contributed by atoms with E-state index in [-0.39, 0.29) is 29.6 Å². The van der Waals surface area contributed by atoms with Crippen molar-refractivity contribution in [2.75, 3.05) is 20.6 Å². The zero-order chi connectivity index (χ0) is 19.4. The molecule has 2 aromatic rings. The molecule has 1 saturated heterocycles. The van der Waals surface area contributed by atoms with Crippen LogP contribution >= 0.6 is 0 Å². The predicted molar refractivity (Wildman–Crippen MR) is 100 cm³/mol. The number of halogens is 1. The first-order chi connectivity index (χ1) is 13.0. The smallest absolute Gasteiger partial charge is 0.253 e. The van der Waals surface area contributed by atoms with Crippen molar-refractivity contribution in [1.29, 1.82) is 0 Å². The third kappa shape index (κ3) is 4.50. The minimum Gasteiger partial charge on any atom is -0.352 e. The first-order valence-corrected chi connectivity index (χ1v) is 8.78. The number of rotatable bonds is 5. The van der Waals surface area contributed by atoms with Gasteiger partial charge < -0.3 is 10.2 Å². The Morgan fingerprint density at radius 1 is 1.11 bits per heavy atom. The largest absolute Gasteiger partial charge is 0.352 e. The van der Waals surface area contributed by atoms with E-state index < -0.39 is 0 Å². The maximum Gasteiger partial charge on any atom is 0.253 e. The van der Waals surface area contributed by atoms with Crippen LogP contribution in [0.2, 0.25) is 0 Å². The van der Waals surface area contributed by atoms with Crippen LogP contribution in [0, 0.1) is 11.7 Å². The zero-order valence-corrected chi connectivity index (χ0v) is 15.3. The summed E-state index contributed by atoms with van der Waals surface area (Å²) >= 11 is 0. The molecule has 0 aliphatic carbocycles. The molecule has 0 aromatic heterocycles. The molecule has 2 amide bonds. The average molecular weight is 370 g/mol. The summed E-state index contributed by atoms with van der Waals surface area (Å²) in [4.78, 5) is 26.0. The summed E-state index contributed by atoms with van der Waals surface area (Å²) in [5, 5.41) is 2.94. The minimum atomic E-state index is -0.304. The molecule has 0 spiro atoms. The van der Waals surface area contributed by atoms with E-state index in [0.717, 1.165) is 11.1 Å². The van der Waals surface area contributed by atoms with Gasteiger partial charge in [-0.1, -0.05) is 24.3 Å². The number of hydrazine groups is 1. The standard InChI is InChI=1S/C20H23FN4O2/c1-25(2)20(27)15-5-3-13(4-6-15)11-22-19(26)17-12-23-24-18(17)14-7-9-16(21)10-8-14/h3-10,17-18,23-24H,11-12H2,1-2H3,(H,22,26). The van der Waals surface area contributed by atoms with Crippen LogP contribution in [-0.2, 0) is 11.3 Å². The van der Waals surface area contributed by atoms with Crippen molar-refractivity contribution in [2.45, 2.75) is 12.6 Å². The third-order valence-corrected chi connectivity index (χ3v) is 4.62. The number of hydrogen-bond acceptors (Lipinski definition) is 4. The Labute approximate surface area is 157 Å². The maximum atomic E-state index is 13.1. The average Bonchev–Trinajstić information content (AvgIpc) is 3.16. The number of amides is 2. The Hall–Kier alpha value is -2.77. The van der Waals surface area contributed by atoms with Crippen LogP contribution in [-0.4, -0.2) is 37.4 Å². The van der Waals surface area contributed by atoms with Crippen molar-refractivity contribution in [3.63, 3.8) is 0 Å². The lowest BCUT2D eigenvalue weighted by atomic mass is 9.94. The van der Waals surface area contributed by atoms with Gasteiger partial charge in [0, 0.05) is 32.7 Å². The van der Waals surface area contributed by atoms with Crippen molar-refractivity contribution < 1.29 is 14.0 Å². The molecule has 3 N–H and O–H groups in total. The van der Waals surface area contributed by atoms with Crippen molar-refractivity contribution in [2.24, 2.45) is 5.92 Å². The van der Waals surface area contributed by atoms with Gasteiger partial charge in [0.05, 0.1) is 12.0 Å². The lowest BCUT2D eigenvalue weighted by Crippen LogP contribution is -2.34. The van der Waals surface area contributed by atoms with E-state index in [1.54, 1.807) is 38.4 Å². The van der Waals surface area contributed by atoms with Gasteiger partial charge in [-0.15, -0.1) is 0 Å². The number of nitrogens with one attached hydrogen (secondary N) is 3. The van der Waals surface area contributed by atoms with E-state index in [9.17, 15) is 14.0 Å². The zero-order valence-electron chi connectivity index (χ0n) is 15.3. The molecule has 6 nitrogen and oxygen atoms in total. The maximum absolute atomic E-state index is 13.1. The number of carbonyl (C=O) groups is 2. The molecule has 27 heavy (non-hydrogen) atoms. The van der Waals surface area contributed by atoms with Gasteiger partial charge in [0.25, 0.3) is 5.91 Å². The molecular weight excluding hydrogens is 347 g/mol. The number of hydrogen-bond donors (Lipinski definition) is 3. The number of benzene rings is 2. The molecule has 142 valence electrons. The fraction of sp³-hybridized carbons (Fsp3) is 0.300. The Bertz CT molecular complexity index is 806. The topological polar surface area (TPSA) is 73.5 Å². The quantitative estimate of drug-likeness (QED) is 0.748. The Morgan fingerprint density at radius 2 is 1.78 bits per heavy atom. The molecule has 2 aromatic carbocycles. The SMILES string of the molecule is CN(C)C(=O)c1ccc(CNC(=O)C2CNNC2c2ccc(F)cc2)cc1. The first-order valence-electron chi connectivity index (χ1n) is 8.78. The summed E-state index contributed by atoms with van der Waals surface area (Å²) in [7, 11) is 3.41. The van der Waals surface area contributed by atoms with Gasteiger partial charge in [0.15, 0.2) is 0 Å². The normalized spacial score (nSPS) is 18.9. The summed E-state index contributed by atoms with van der Waals surface area (Å²) in [5.41, 5.74) is 8.45. The van der Waals surface area contributed by atoms with Crippen molar-refractivity contribution >= 4 is 11.8 Å². The second-order valence-electron chi connectivity index (χ2n) is 6.78. The van der Waals surface area contributed by atoms with Crippen LogP contribution < -0.4 is 16.2 Å². The van der Waals surface area contributed by atoms with Crippen LogP contribution in [0.4, 0.5) is 4.39 Å². The molecule has 3 rings (SSSR count). The van der Waals surface area contributed by atoms with Crippen molar-refractivity contribution in [3.8, 4) is 0 Å². The molecule has 0 saturated carbocycles. The summed E-state index contributed by atoms with van der Waals surface area (Å²) in [6.45, 7) is 0.867. The van der Waals surface area contributed by atoms with Crippen LogP contribution in [0.5, 0.6) is 0 Å². The van der Waals surface area contributed by atoms with E-state index in [1.165, 1.54) is 17.0 Å². The summed E-state index contributed by atoms with van der Waals surface area (Å²) in [6, 6.07) is 13.1. The van der Waals surface area contributed by atoms with Crippen LogP contribution in [0.3, 0.4) is 0 Å². The molecule has 2 unspecified atom stereocenters. The van der Waals surface area contributed by atoms with Gasteiger partial charge in [-0.3, -0.25) is 15.0 Å². The van der Waals surface area contributed by atoms with Gasteiger partial charge >= 0.3 is 0 Å². The lowest BCUT2D eigenvalue weighted by Gasteiger charge is -2.18. The first kappa shape index (κ1) is 19.0. The molecule has 0 radical (unpaired) electrons. The highest BCUT2D eigenvalue weighted by molar-refractivity contribution is 5.93. The van der Waals surface area contributed by atoms with E-state index in [4.69, 9.17) is 0 Å². The monoisotopic (exact) mass is 370 g/mol. The van der Waals surface area contributed by atoms with Gasteiger partial charge in [0.1, 0.15) is 5.82 Å². The van der Waals surface area contributed by atoms with Crippen LogP contribution in [0.1, 0.15) is 27.5 Å². The van der Waals surface area contributed by atoms with E-state index in [2.05, 4.69) is 16.2 Å². The fourth-order valence-corrected chi connectivity index (χ4v) is 3.07. The summed E-state index contributed by atoms with van der Waals surface area (Å²) < 4.78 is 13.1. The summed E-state index contributed by atoms with van der Waals surface area (Å²) in [6.07, 6.45) is 0. The van der Waals surface area contributed by atoms with Crippen LogP contribution in [0.25, 0.3) is 0 Å². The number of carbonyl (C=O) groups excluding carboxylic acids is 2. The van der Waals surface area contributed by atoms with E-state index in [1.807, 2.05) is 12.1 Å². The second-order valence-corrected chi connectivity index (χ2v) is 6.78. The molecule has 1 fully saturated rings. The third-order valence-electron chi connectivity index (χ3n) is 4.62.